The number of likely N-dealkylation sites (N-methyl/N-ethyl adjacent to an activating group) is 1. The van der Waals surface area contributed by atoms with E-state index in [0.29, 0.717) is 64.2 Å². The van der Waals surface area contributed by atoms with E-state index in [0.717, 1.165) is 6.54 Å². The van der Waals surface area contributed by atoms with E-state index in [4.69, 9.17) is 14.2 Å². The molecule has 0 amide bonds. The van der Waals surface area contributed by atoms with Crippen molar-refractivity contribution >= 4 is 10.8 Å². The molecule has 1 aromatic heterocycles. The number of halogens is 2. The summed E-state index contributed by atoms with van der Waals surface area (Å²) in [6.45, 7) is 9.19. The van der Waals surface area contributed by atoms with Crippen LogP contribution in [0.5, 0.6) is 0 Å². The highest BCUT2D eigenvalue weighted by atomic mass is 32.2. The number of hydrogen-bond acceptors (Lipinski definition) is 8. The van der Waals surface area contributed by atoms with Crippen LogP contribution in [0.4, 0.5) is 8.78 Å². The van der Waals surface area contributed by atoms with Gasteiger partial charge in [0.15, 0.2) is 0 Å². The van der Waals surface area contributed by atoms with Gasteiger partial charge in [-0.2, -0.15) is 0 Å². The number of hydrogen-bond donors (Lipinski definition) is 1. The van der Waals surface area contributed by atoms with E-state index in [2.05, 4.69) is 15.6 Å². The van der Waals surface area contributed by atoms with Gasteiger partial charge in [-0.05, 0) is 7.05 Å². The molecule has 182 valence electrons. The van der Waals surface area contributed by atoms with Crippen molar-refractivity contribution in [1.29, 1.82) is 0 Å². The van der Waals surface area contributed by atoms with E-state index >= 15 is 0 Å². The van der Waals surface area contributed by atoms with Crippen molar-refractivity contribution in [2.24, 2.45) is 0 Å². The summed E-state index contributed by atoms with van der Waals surface area (Å²) in [5, 5.41) is 10.8. The molecule has 0 bridgehead atoms. The Morgan fingerprint density at radius 1 is 1.03 bits per heavy atom. The Morgan fingerprint density at radius 3 is 2.19 bits per heavy atom. The van der Waals surface area contributed by atoms with Crippen molar-refractivity contribution in [2.45, 2.75) is 33.4 Å². The molecule has 2 rings (SSSR count). The van der Waals surface area contributed by atoms with Crippen LogP contribution >= 0.6 is 0 Å². The molecule has 2 heterocycles. The Balaban J connectivity index is 0.00000233. The Bertz CT molecular complexity index is 600. The zero-order chi connectivity index (χ0) is 22.9. The summed E-state index contributed by atoms with van der Waals surface area (Å²) in [4.78, 5) is 1.98. The monoisotopic (exact) mass is 469 g/mol. The third kappa shape index (κ3) is 11.4. The molecule has 1 aromatic rings. The molecule has 0 aliphatic carbocycles. The number of alkyl halides is 2. The number of ether oxygens (including phenoxy) is 3. The molecule has 0 atom stereocenters. The number of nitrogens with zero attached hydrogens (tertiary/aromatic N) is 4. The van der Waals surface area contributed by atoms with Gasteiger partial charge in [0, 0.05) is 48.5 Å². The topological polar surface area (TPSA) is 90.7 Å². The summed E-state index contributed by atoms with van der Waals surface area (Å²) in [5.41, 5.74) is 0.101. The van der Waals surface area contributed by atoms with Gasteiger partial charge in [0.1, 0.15) is 11.4 Å². The molecule has 0 unspecified atom stereocenters. The van der Waals surface area contributed by atoms with Crippen molar-refractivity contribution < 1.29 is 27.2 Å². The second-order valence-electron chi connectivity index (χ2n) is 6.51. The van der Waals surface area contributed by atoms with E-state index in [1.54, 1.807) is 0 Å². The van der Waals surface area contributed by atoms with Crippen LogP contribution in [0.1, 0.15) is 31.7 Å². The van der Waals surface area contributed by atoms with E-state index in [1.165, 1.54) is 4.68 Å². The van der Waals surface area contributed by atoms with E-state index in [1.807, 2.05) is 25.8 Å². The maximum absolute atomic E-state index is 13.5. The van der Waals surface area contributed by atoms with Crippen LogP contribution in [0.3, 0.4) is 0 Å². The zero-order valence-corrected chi connectivity index (χ0v) is 19.7. The van der Waals surface area contributed by atoms with E-state index in [-0.39, 0.29) is 24.5 Å². The summed E-state index contributed by atoms with van der Waals surface area (Å²) < 4.78 is 55.8. The molecule has 1 aliphatic heterocycles. The zero-order valence-electron chi connectivity index (χ0n) is 18.9. The predicted molar refractivity (Wildman–Crippen MR) is 116 cm³/mol. The molecule has 1 saturated heterocycles. The van der Waals surface area contributed by atoms with E-state index < -0.39 is 17.2 Å². The lowest BCUT2D eigenvalue weighted by atomic mass is 10.3. The van der Waals surface area contributed by atoms with E-state index in [9.17, 15) is 13.0 Å². The summed E-state index contributed by atoms with van der Waals surface area (Å²) in [7, 11) is 1.06. The van der Waals surface area contributed by atoms with Crippen LogP contribution in [-0.2, 0) is 38.1 Å². The van der Waals surface area contributed by atoms with Crippen LogP contribution in [0.15, 0.2) is 0 Å². The van der Waals surface area contributed by atoms with Crippen molar-refractivity contribution in [2.75, 3.05) is 77.8 Å². The van der Waals surface area contributed by atoms with Crippen molar-refractivity contribution in [3.8, 4) is 0 Å². The smallest absolute Gasteiger partial charge is 0.281 e. The molecule has 12 heteroatoms. The molecule has 0 aromatic carbocycles. The highest BCUT2D eigenvalue weighted by Gasteiger charge is 2.24. The fraction of sp³-hybridized carbons (Fsp3) is 0.895. The largest absolute Gasteiger partial charge is 0.378 e. The minimum Gasteiger partial charge on any atom is -0.378 e. The molecule has 1 fully saturated rings. The Labute approximate surface area is 186 Å². The first-order chi connectivity index (χ1) is 15.1. The second-order valence-corrected chi connectivity index (χ2v) is 8.21. The summed E-state index contributed by atoms with van der Waals surface area (Å²) >= 11 is 0. The van der Waals surface area contributed by atoms with Crippen LogP contribution < -0.4 is 5.32 Å². The van der Waals surface area contributed by atoms with Crippen molar-refractivity contribution in [1.82, 2.24) is 25.2 Å². The maximum atomic E-state index is 13.5. The SMILES string of the molecule is CC.CNCCOCCOCCOCCn1nnc(CN2CCS(=O)CC2)c1C(F)F. The number of rotatable bonds is 15. The van der Waals surface area contributed by atoms with Gasteiger partial charge >= 0.3 is 0 Å². The van der Waals surface area contributed by atoms with Gasteiger partial charge in [0.05, 0.1) is 46.2 Å². The van der Waals surface area contributed by atoms with Gasteiger partial charge < -0.3 is 19.5 Å². The summed E-state index contributed by atoms with van der Waals surface area (Å²) in [6, 6.07) is 0. The van der Waals surface area contributed by atoms with Crippen molar-refractivity contribution in [3.05, 3.63) is 11.4 Å². The van der Waals surface area contributed by atoms with Gasteiger partial charge in [-0.1, -0.05) is 19.1 Å². The van der Waals surface area contributed by atoms with Gasteiger partial charge in [-0.15, -0.1) is 5.10 Å². The molecular weight excluding hydrogens is 432 g/mol. The lowest BCUT2D eigenvalue weighted by Crippen LogP contribution is -2.37. The number of aromatic nitrogens is 3. The molecule has 31 heavy (non-hydrogen) atoms. The van der Waals surface area contributed by atoms with Gasteiger partial charge in [-0.3, -0.25) is 9.11 Å². The second kappa shape index (κ2) is 17.5. The Kier molecular flexibility index (Phi) is 15.8. The average Bonchev–Trinajstić information content (AvgIpc) is 3.17. The summed E-state index contributed by atoms with van der Waals surface area (Å²) in [6.07, 6.45) is -2.66. The standard InChI is InChI=1S/C17H31F2N5O4S.C2H6/c1-20-2-6-26-8-10-28-11-9-27-7-3-24-16(17(18)19)15(21-22-24)14-23-4-12-29(25)13-5-23;1-2/h17,20H,2-14H2,1H3;1-2H3. The Morgan fingerprint density at radius 2 is 1.61 bits per heavy atom. The number of nitrogens with one attached hydrogen (secondary N) is 1. The Hall–Kier alpha value is -1.05. The molecule has 9 nitrogen and oxygen atoms in total. The molecular formula is C19H37F2N5O4S. The van der Waals surface area contributed by atoms with Crippen LogP contribution in [0.25, 0.3) is 0 Å². The third-order valence-corrected chi connectivity index (χ3v) is 5.66. The third-order valence-electron chi connectivity index (χ3n) is 4.39. The van der Waals surface area contributed by atoms with Gasteiger partial charge in [0.25, 0.3) is 6.43 Å². The lowest BCUT2D eigenvalue weighted by molar-refractivity contribution is 0.0129. The quantitative estimate of drug-likeness (QED) is 0.382. The highest BCUT2D eigenvalue weighted by molar-refractivity contribution is 7.85. The molecule has 0 saturated carbocycles. The fourth-order valence-electron chi connectivity index (χ4n) is 2.79. The summed E-state index contributed by atoms with van der Waals surface area (Å²) in [5.74, 6) is 1.13. The minimum atomic E-state index is -2.66. The first-order valence-electron chi connectivity index (χ1n) is 10.8. The van der Waals surface area contributed by atoms with Gasteiger partial charge in [-0.25, -0.2) is 13.5 Å². The molecule has 1 N–H and O–H groups in total. The van der Waals surface area contributed by atoms with Gasteiger partial charge in [0.2, 0.25) is 0 Å². The lowest BCUT2D eigenvalue weighted by Gasteiger charge is -2.25. The van der Waals surface area contributed by atoms with Crippen molar-refractivity contribution in [3.63, 3.8) is 0 Å². The first-order valence-corrected chi connectivity index (χ1v) is 12.3. The highest BCUT2D eigenvalue weighted by Crippen LogP contribution is 2.22. The molecule has 1 aliphatic rings. The first kappa shape index (κ1) is 28.0. The fourth-order valence-corrected chi connectivity index (χ4v) is 3.91. The predicted octanol–water partition coefficient (Wildman–Crippen LogP) is 1.08. The maximum Gasteiger partial charge on any atom is 0.281 e. The molecule has 0 spiro atoms. The normalized spacial score (nSPS) is 15.3. The minimum absolute atomic E-state index is 0.171. The average molecular weight is 470 g/mol. The van der Waals surface area contributed by atoms with Crippen LogP contribution in [0, 0.1) is 0 Å². The molecule has 0 radical (unpaired) electrons. The van der Waals surface area contributed by atoms with Crippen LogP contribution in [-0.4, -0.2) is 102 Å². The van der Waals surface area contributed by atoms with Crippen LogP contribution in [0.2, 0.25) is 0 Å².